The van der Waals surface area contributed by atoms with Gasteiger partial charge in [-0.05, 0) is 24.1 Å². The fourth-order valence-corrected chi connectivity index (χ4v) is 4.48. The third-order valence-corrected chi connectivity index (χ3v) is 6.80. The summed E-state index contributed by atoms with van der Waals surface area (Å²) in [7, 11) is 0. The summed E-state index contributed by atoms with van der Waals surface area (Å²) in [5.41, 5.74) is 2.48. The number of imidazole rings is 2. The van der Waals surface area contributed by atoms with E-state index >= 15 is 0 Å². The normalized spacial score (nSPS) is 13.5. The van der Waals surface area contributed by atoms with Gasteiger partial charge in [-0.15, -0.1) is 0 Å². The highest BCUT2D eigenvalue weighted by Crippen LogP contribution is 2.25. The van der Waals surface area contributed by atoms with E-state index in [1.165, 1.54) is 18.2 Å². The Kier molecular flexibility index (Phi) is 9.21. The number of carbonyl (C=O) groups is 1. The van der Waals surface area contributed by atoms with Crippen molar-refractivity contribution in [2.75, 3.05) is 36.5 Å². The van der Waals surface area contributed by atoms with Crippen molar-refractivity contribution in [3.8, 4) is 0 Å². The smallest absolute Gasteiger partial charge is 0.475 e. The van der Waals surface area contributed by atoms with Crippen LogP contribution in [0, 0.1) is 21.7 Å². The first-order valence-electron chi connectivity index (χ1n) is 13.6. The largest absolute Gasteiger partial charge is 0.490 e. The van der Waals surface area contributed by atoms with Crippen LogP contribution in [0.25, 0.3) is 22.2 Å². The van der Waals surface area contributed by atoms with E-state index < -0.39 is 28.7 Å². The molecule has 1 fully saturated rings. The number of nitro benzene ring substituents is 1. The maximum Gasteiger partial charge on any atom is 0.490 e. The summed E-state index contributed by atoms with van der Waals surface area (Å²) in [6, 6.07) is 8.94. The van der Waals surface area contributed by atoms with Crippen LogP contribution in [0.4, 0.5) is 39.4 Å². The SMILES string of the molecule is O=C(O)C(F)(F)F.O=[N+]([O-])c1ccc(CCn2cnc3c(NCc4nc5c(F)c(F)ccc5[nH]4)nc(N4CCOCC4)nc32)cc1. The average Bonchev–Trinajstić information content (AvgIpc) is 3.65. The number of hydrogen-bond acceptors (Lipinski definition) is 10. The third kappa shape index (κ3) is 7.25. The monoisotopic (exact) mass is 649 g/mol. The molecule has 0 radical (unpaired) electrons. The number of nitro groups is 1. The number of fused-ring (bicyclic) bond motifs is 2. The van der Waals surface area contributed by atoms with Crippen LogP contribution < -0.4 is 10.2 Å². The van der Waals surface area contributed by atoms with Gasteiger partial charge in [0.2, 0.25) is 5.95 Å². The summed E-state index contributed by atoms with van der Waals surface area (Å²) >= 11 is 0. The second-order valence-electron chi connectivity index (χ2n) is 9.85. The van der Waals surface area contributed by atoms with Crippen LogP contribution in [-0.2, 0) is 29.0 Å². The highest BCUT2D eigenvalue weighted by molar-refractivity contribution is 5.84. The minimum atomic E-state index is -5.08. The van der Waals surface area contributed by atoms with Crippen molar-refractivity contribution >= 4 is 45.6 Å². The average molecular weight is 650 g/mol. The lowest BCUT2D eigenvalue weighted by atomic mass is 10.1. The fraction of sp³-hybridized carbons (Fsp3) is 0.296. The molecule has 3 aromatic heterocycles. The number of aliphatic carboxylic acids is 1. The molecule has 0 saturated carbocycles. The van der Waals surface area contributed by atoms with Crippen molar-refractivity contribution in [3.63, 3.8) is 0 Å². The van der Waals surface area contributed by atoms with Crippen LogP contribution in [0.3, 0.4) is 0 Å². The Morgan fingerprint density at radius 1 is 1.07 bits per heavy atom. The summed E-state index contributed by atoms with van der Waals surface area (Å²) in [6.45, 7) is 3.10. The number of benzene rings is 2. The van der Waals surface area contributed by atoms with Gasteiger partial charge >= 0.3 is 12.1 Å². The number of rotatable bonds is 8. The van der Waals surface area contributed by atoms with Crippen LogP contribution in [0.2, 0.25) is 0 Å². The summed E-state index contributed by atoms with van der Waals surface area (Å²) in [5, 5.41) is 21.3. The molecule has 14 nitrogen and oxygen atoms in total. The van der Waals surface area contributed by atoms with E-state index in [-0.39, 0.29) is 17.7 Å². The van der Waals surface area contributed by atoms with Gasteiger partial charge in [-0.25, -0.2) is 23.5 Å². The number of ether oxygens (including phenoxy) is 1. The number of non-ortho nitro benzene ring substituents is 1. The highest BCUT2D eigenvalue weighted by atomic mass is 19.4. The van der Waals surface area contributed by atoms with Gasteiger partial charge in [0, 0.05) is 31.8 Å². The van der Waals surface area contributed by atoms with E-state index in [4.69, 9.17) is 24.6 Å². The minimum absolute atomic E-state index is 0.0442. The summed E-state index contributed by atoms with van der Waals surface area (Å²) in [6.07, 6.45) is -2.79. The minimum Gasteiger partial charge on any atom is -0.475 e. The molecule has 0 atom stereocenters. The van der Waals surface area contributed by atoms with E-state index in [1.54, 1.807) is 18.5 Å². The van der Waals surface area contributed by atoms with Crippen LogP contribution in [0.1, 0.15) is 11.4 Å². The van der Waals surface area contributed by atoms with Gasteiger partial charge in [0.25, 0.3) is 5.69 Å². The van der Waals surface area contributed by atoms with Crippen molar-refractivity contribution in [1.82, 2.24) is 29.5 Å². The lowest BCUT2D eigenvalue weighted by Crippen LogP contribution is -2.37. The lowest BCUT2D eigenvalue weighted by Gasteiger charge is -2.27. The predicted molar refractivity (Wildman–Crippen MR) is 152 cm³/mol. The molecule has 3 N–H and O–H groups in total. The zero-order chi connectivity index (χ0) is 33.0. The molecule has 0 bridgehead atoms. The van der Waals surface area contributed by atoms with Gasteiger partial charge in [-0.2, -0.15) is 23.1 Å². The topological polar surface area (TPSA) is 177 Å². The molecule has 1 aliphatic rings. The van der Waals surface area contributed by atoms with E-state index in [1.807, 2.05) is 9.47 Å². The second-order valence-corrected chi connectivity index (χ2v) is 9.85. The zero-order valence-electron chi connectivity index (χ0n) is 23.6. The van der Waals surface area contributed by atoms with E-state index in [0.29, 0.717) is 73.5 Å². The van der Waals surface area contributed by atoms with Gasteiger partial charge in [-0.3, -0.25) is 10.1 Å². The standard InChI is InChI=1S/C25H23F2N9O3.C2HF3O2/c26-17-5-6-18-21(20(17)27)31-19(30-18)13-28-23-22-24(33-25(32-23)34-9-11-39-12-10-34)35(14-29-22)8-7-15-1-3-16(4-2-15)36(37)38;3-2(4,5)1(6)7/h1-6,14H,7-13H2,(H,30,31)(H,28,32,33);(H,6,7). The molecule has 19 heteroatoms. The number of H-pyrrole nitrogens is 1. The highest BCUT2D eigenvalue weighted by Gasteiger charge is 2.38. The van der Waals surface area contributed by atoms with Crippen LogP contribution >= 0.6 is 0 Å². The molecule has 5 aromatic rings. The number of carboxylic acids is 1. The molecular weight excluding hydrogens is 625 g/mol. The molecule has 1 aliphatic heterocycles. The molecule has 0 spiro atoms. The summed E-state index contributed by atoms with van der Waals surface area (Å²) < 4.78 is 66.9. The third-order valence-electron chi connectivity index (χ3n) is 6.80. The van der Waals surface area contributed by atoms with Crippen LogP contribution in [0.5, 0.6) is 0 Å². The van der Waals surface area contributed by atoms with E-state index in [2.05, 4.69) is 20.3 Å². The van der Waals surface area contributed by atoms with Crippen molar-refractivity contribution in [2.45, 2.75) is 25.7 Å². The molecule has 46 heavy (non-hydrogen) atoms. The van der Waals surface area contributed by atoms with E-state index in [0.717, 1.165) is 11.6 Å². The number of nitrogens with one attached hydrogen (secondary N) is 2. The van der Waals surface area contributed by atoms with Crippen LogP contribution in [-0.4, -0.2) is 78.0 Å². The van der Waals surface area contributed by atoms with Gasteiger partial charge < -0.3 is 29.6 Å². The molecule has 0 aliphatic carbocycles. The van der Waals surface area contributed by atoms with Crippen molar-refractivity contribution in [1.29, 1.82) is 0 Å². The number of halogens is 5. The summed E-state index contributed by atoms with van der Waals surface area (Å²) in [5.74, 6) is -3.31. The number of carboxylic acid groups (broad SMARTS) is 1. The first-order chi connectivity index (χ1) is 21.9. The van der Waals surface area contributed by atoms with Crippen molar-refractivity contribution < 1.29 is 41.5 Å². The first kappa shape index (κ1) is 31.9. The Hall–Kier alpha value is -5.46. The Bertz CT molecular complexity index is 1870. The number of hydrogen-bond donors (Lipinski definition) is 3. The predicted octanol–water partition coefficient (Wildman–Crippen LogP) is 4.21. The number of aromatic nitrogens is 6. The molecule has 1 saturated heterocycles. The molecular formula is C27H24F5N9O5. The molecule has 2 aromatic carbocycles. The maximum absolute atomic E-state index is 14.1. The molecule has 6 rings (SSSR count). The lowest BCUT2D eigenvalue weighted by molar-refractivity contribution is -0.384. The second kappa shape index (κ2) is 13.3. The number of anilines is 2. The Balaban J connectivity index is 0.000000537. The number of morpholine rings is 1. The Morgan fingerprint density at radius 3 is 2.41 bits per heavy atom. The molecule has 0 unspecified atom stereocenters. The Labute approximate surface area is 255 Å². The van der Waals surface area contributed by atoms with Crippen LogP contribution in [0.15, 0.2) is 42.7 Å². The van der Waals surface area contributed by atoms with E-state index in [9.17, 15) is 32.1 Å². The maximum atomic E-state index is 14.1. The fourth-order valence-electron chi connectivity index (χ4n) is 4.48. The molecule has 242 valence electrons. The number of aromatic amines is 1. The van der Waals surface area contributed by atoms with Gasteiger partial charge in [0.1, 0.15) is 11.3 Å². The Morgan fingerprint density at radius 2 is 1.76 bits per heavy atom. The first-order valence-corrected chi connectivity index (χ1v) is 13.6. The number of nitrogens with zero attached hydrogens (tertiary/aromatic N) is 7. The number of aryl methyl sites for hydroxylation is 2. The zero-order valence-corrected chi connectivity index (χ0v) is 23.6. The van der Waals surface area contributed by atoms with Gasteiger partial charge in [0.15, 0.2) is 28.6 Å². The van der Waals surface area contributed by atoms with Gasteiger partial charge in [0.05, 0.1) is 36.5 Å². The molecule has 0 amide bonds. The summed E-state index contributed by atoms with van der Waals surface area (Å²) in [4.78, 5) is 42.7. The number of alkyl halides is 3. The molecule has 4 heterocycles. The van der Waals surface area contributed by atoms with Gasteiger partial charge in [-0.1, -0.05) is 12.1 Å². The quantitative estimate of drug-likeness (QED) is 0.125. The van der Waals surface area contributed by atoms with Crippen molar-refractivity contribution in [3.05, 3.63) is 75.9 Å². The van der Waals surface area contributed by atoms with Crippen molar-refractivity contribution in [2.24, 2.45) is 0 Å².